The summed E-state index contributed by atoms with van der Waals surface area (Å²) in [4.78, 5) is 2.72. The number of nitrogens with zero attached hydrogens (tertiary/aromatic N) is 1. The van der Waals surface area contributed by atoms with Crippen molar-refractivity contribution in [1.82, 2.24) is 4.90 Å². The van der Waals surface area contributed by atoms with Crippen LogP contribution in [0.2, 0.25) is 0 Å². The number of hydrogen-bond acceptors (Lipinski definition) is 1. The third-order valence-corrected chi connectivity index (χ3v) is 4.49. The summed E-state index contributed by atoms with van der Waals surface area (Å²) in [6.07, 6.45) is 15.3. The van der Waals surface area contributed by atoms with Gasteiger partial charge in [0.05, 0.1) is 0 Å². The Morgan fingerprint density at radius 3 is 2.44 bits per heavy atom. The van der Waals surface area contributed by atoms with Gasteiger partial charge in [0.2, 0.25) is 0 Å². The maximum Gasteiger partial charge on any atom is 0.0224 e. The molecule has 0 spiro atoms. The van der Waals surface area contributed by atoms with Crippen LogP contribution in [0.1, 0.15) is 77.6 Å². The molecule has 108 valence electrons. The van der Waals surface area contributed by atoms with Gasteiger partial charge < -0.3 is 4.90 Å². The van der Waals surface area contributed by atoms with E-state index in [-0.39, 0.29) is 0 Å². The first-order valence-electron chi connectivity index (χ1n) is 8.18. The molecule has 0 saturated carbocycles. The van der Waals surface area contributed by atoms with Crippen LogP contribution < -0.4 is 0 Å². The fourth-order valence-electron chi connectivity index (χ4n) is 3.10. The summed E-state index contributed by atoms with van der Waals surface area (Å²) in [5, 5.41) is 0. The highest BCUT2D eigenvalue weighted by atomic mass is 35.5. The molecule has 1 aliphatic rings. The topological polar surface area (TPSA) is 3.24 Å². The van der Waals surface area contributed by atoms with Gasteiger partial charge in [-0.25, -0.2) is 0 Å². The van der Waals surface area contributed by atoms with Crippen molar-refractivity contribution in [2.24, 2.45) is 0 Å². The molecule has 1 aliphatic heterocycles. The third kappa shape index (κ3) is 6.99. The maximum atomic E-state index is 5.80. The second kappa shape index (κ2) is 11.1. The zero-order chi connectivity index (χ0) is 13.1. The van der Waals surface area contributed by atoms with Crippen molar-refractivity contribution >= 4 is 11.6 Å². The second-order valence-corrected chi connectivity index (χ2v) is 6.16. The van der Waals surface area contributed by atoms with Crippen molar-refractivity contribution in [2.45, 2.75) is 83.6 Å². The van der Waals surface area contributed by atoms with Crippen LogP contribution in [-0.4, -0.2) is 29.9 Å². The van der Waals surface area contributed by atoms with Crippen molar-refractivity contribution in [3.63, 3.8) is 0 Å². The van der Waals surface area contributed by atoms with Crippen LogP contribution in [0.3, 0.4) is 0 Å². The van der Waals surface area contributed by atoms with Crippen LogP contribution in [0.15, 0.2) is 0 Å². The van der Waals surface area contributed by atoms with E-state index < -0.39 is 0 Å². The van der Waals surface area contributed by atoms with E-state index >= 15 is 0 Å². The Labute approximate surface area is 119 Å². The average Bonchev–Trinajstić information content (AvgIpc) is 2.83. The van der Waals surface area contributed by atoms with Crippen molar-refractivity contribution in [2.75, 3.05) is 19.0 Å². The molecule has 1 saturated heterocycles. The van der Waals surface area contributed by atoms with E-state index in [1.165, 1.54) is 83.7 Å². The number of unbranched alkanes of at least 4 members (excludes halogenated alkanes) is 6. The quantitative estimate of drug-likeness (QED) is 0.368. The highest BCUT2D eigenvalue weighted by molar-refractivity contribution is 6.17. The van der Waals surface area contributed by atoms with Crippen molar-refractivity contribution in [3.8, 4) is 0 Å². The predicted octanol–water partition coefficient (Wildman–Crippen LogP) is 5.22. The van der Waals surface area contributed by atoms with Gasteiger partial charge in [-0.2, -0.15) is 0 Å². The van der Waals surface area contributed by atoms with Gasteiger partial charge in [-0.05, 0) is 45.2 Å². The zero-order valence-corrected chi connectivity index (χ0v) is 13.1. The highest BCUT2D eigenvalue weighted by Gasteiger charge is 2.22. The first kappa shape index (κ1) is 16.3. The van der Waals surface area contributed by atoms with Gasteiger partial charge in [-0.1, -0.05) is 45.4 Å². The largest absolute Gasteiger partial charge is 0.300 e. The summed E-state index contributed by atoms with van der Waals surface area (Å²) in [6, 6.07) is 0.851. The third-order valence-electron chi connectivity index (χ3n) is 4.22. The van der Waals surface area contributed by atoms with Gasteiger partial charge in [0, 0.05) is 11.9 Å². The Morgan fingerprint density at radius 1 is 1.00 bits per heavy atom. The number of alkyl halides is 1. The minimum absolute atomic E-state index is 0.835. The number of rotatable bonds is 11. The molecule has 0 aromatic heterocycles. The van der Waals surface area contributed by atoms with Crippen LogP contribution in [0.25, 0.3) is 0 Å². The monoisotopic (exact) mass is 273 g/mol. The van der Waals surface area contributed by atoms with E-state index in [4.69, 9.17) is 11.6 Å². The van der Waals surface area contributed by atoms with E-state index in [1.807, 2.05) is 0 Å². The van der Waals surface area contributed by atoms with Crippen LogP contribution in [0.4, 0.5) is 0 Å². The molecular weight excluding hydrogens is 242 g/mol. The van der Waals surface area contributed by atoms with Crippen molar-refractivity contribution in [3.05, 3.63) is 0 Å². The van der Waals surface area contributed by atoms with Crippen LogP contribution in [-0.2, 0) is 0 Å². The Hall–Kier alpha value is 0.250. The van der Waals surface area contributed by atoms with E-state index in [1.54, 1.807) is 0 Å². The molecule has 0 bridgehead atoms. The van der Waals surface area contributed by atoms with Gasteiger partial charge in [0.25, 0.3) is 0 Å². The number of hydrogen-bond donors (Lipinski definition) is 0. The SMILES string of the molecule is CCCCCCCCCN1CCCC1CCCCl. The minimum Gasteiger partial charge on any atom is -0.300 e. The lowest BCUT2D eigenvalue weighted by Gasteiger charge is -2.24. The molecule has 0 radical (unpaired) electrons. The summed E-state index contributed by atoms with van der Waals surface area (Å²) in [5.41, 5.74) is 0. The molecule has 1 heterocycles. The lowest BCUT2D eigenvalue weighted by Crippen LogP contribution is -2.30. The van der Waals surface area contributed by atoms with Crippen molar-refractivity contribution < 1.29 is 0 Å². The highest BCUT2D eigenvalue weighted by Crippen LogP contribution is 2.22. The number of halogens is 1. The molecule has 1 unspecified atom stereocenters. The summed E-state index contributed by atoms with van der Waals surface area (Å²) in [7, 11) is 0. The summed E-state index contributed by atoms with van der Waals surface area (Å²) >= 11 is 5.80. The predicted molar refractivity (Wildman–Crippen MR) is 82.5 cm³/mol. The minimum atomic E-state index is 0.835. The molecule has 1 fully saturated rings. The van der Waals surface area contributed by atoms with Crippen LogP contribution in [0.5, 0.6) is 0 Å². The molecular formula is C16H32ClN. The fourth-order valence-corrected chi connectivity index (χ4v) is 3.26. The van der Waals surface area contributed by atoms with E-state index in [0.29, 0.717) is 0 Å². The normalized spacial score (nSPS) is 20.7. The Bertz CT molecular complexity index is 184. The Morgan fingerprint density at radius 2 is 1.72 bits per heavy atom. The fraction of sp³-hybridized carbons (Fsp3) is 1.00. The van der Waals surface area contributed by atoms with E-state index in [9.17, 15) is 0 Å². The summed E-state index contributed by atoms with van der Waals surface area (Å²) in [6.45, 7) is 4.96. The Balaban J connectivity index is 1.97. The van der Waals surface area contributed by atoms with Crippen molar-refractivity contribution in [1.29, 1.82) is 0 Å². The van der Waals surface area contributed by atoms with E-state index in [0.717, 1.165) is 11.9 Å². The average molecular weight is 274 g/mol. The molecule has 1 nitrogen and oxygen atoms in total. The number of likely N-dealkylation sites (tertiary alicyclic amines) is 1. The standard InChI is InChI=1S/C16H32ClN/c1-2-3-4-5-6-7-8-14-18-15-10-12-16(18)11-9-13-17/h16H,2-15H2,1H3. The van der Waals surface area contributed by atoms with Gasteiger partial charge in [-0.3, -0.25) is 0 Å². The molecule has 0 amide bonds. The summed E-state index contributed by atoms with van der Waals surface area (Å²) in [5.74, 6) is 0.835. The molecule has 0 aliphatic carbocycles. The maximum absolute atomic E-state index is 5.80. The first-order valence-corrected chi connectivity index (χ1v) is 8.72. The van der Waals surface area contributed by atoms with Gasteiger partial charge in [0.15, 0.2) is 0 Å². The zero-order valence-electron chi connectivity index (χ0n) is 12.3. The molecule has 0 aromatic rings. The molecule has 1 atom stereocenters. The van der Waals surface area contributed by atoms with Crippen LogP contribution in [0, 0.1) is 0 Å². The van der Waals surface area contributed by atoms with Gasteiger partial charge in [0.1, 0.15) is 0 Å². The Kier molecular flexibility index (Phi) is 10.1. The van der Waals surface area contributed by atoms with Crippen LogP contribution >= 0.6 is 11.6 Å². The molecule has 0 aromatic carbocycles. The first-order chi connectivity index (χ1) is 8.88. The van der Waals surface area contributed by atoms with E-state index in [2.05, 4.69) is 11.8 Å². The molecule has 2 heteroatoms. The lowest BCUT2D eigenvalue weighted by atomic mass is 10.1. The molecule has 18 heavy (non-hydrogen) atoms. The smallest absolute Gasteiger partial charge is 0.0224 e. The second-order valence-electron chi connectivity index (χ2n) is 5.78. The van der Waals surface area contributed by atoms with Gasteiger partial charge >= 0.3 is 0 Å². The molecule has 0 N–H and O–H groups in total. The van der Waals surface area contributed by atoms with Gasteiger partial charge in [-0.15, -0.1) is 11.6 Å². The molecule has 1 rings (SSSR count). The lowest BCUT2D eigenvalue weighted by molar-refractivity contribution is 0.236. The summed E-state index contributed by atoms with van der Waals surface area (Å²) < 4.78 is 0.